The van der Waals surface area contributed by atoms with E-state index in [-0.39, 0.29) is 22.9 Å². The van der Waals surface area contributed by atoms with Gasteiger partial charge in [0.15, 0.2) is 11.5 Å². The molecule has 0 fully saturated rings. The molecule has 3 rings (SSSR count). The Hall–Kier alpha value is -3.83. The number of carbonyl (C=O) groups is 2. The number of nitrogens with one attached hydrogen (secondary N) is 1. The third-order valence-corrected chi connectivity index (χ3v) is 8.30. The first kappa shape index (κ1) is 31.7. The summed E-state index contributed by atoms with van der Waals surface area (Å²) < 4.78 is 53.1. The molecule has 0 aliphatic rings. The molecule has 41 heavy (non-hydrogen) atoms. The zero-order chi connectivity index (χ0) is 30.2. The third-order valence-electron chi connectivity index (χ3n) is 6.29. The highest BCUT2D eigenvalue weighted by molar-refractivity contribution is 7.92. The Morgan fingerprint density at radius 1 is 1.00 bits per heavy atom. The van der Waals surface area contributed by atoms with Crippen molar-refractivity contribution in [3.8, 4) is 11.5 Å². The maximum atomic E-state index is 14.0. The van der Waals surface area contributed by atoms with Crippen LogP contribution in [0.3, 0.4) is 0 Å². The van der Waals surface area contributed by atoms with Crippen LogP contribution in [-0.2, 0) is 26.2 Å². The predicted octanol–water partition coefficient (Wildman–Crippen LogP) is 4.64. The zero-order valence-electron chi connectivity index (χ0n) is 23.3. The van der Waals surface area contributed by atoms with Gasteiger partial charge in [0.25, 0.3) is 10.0 Å². The maximum absolute atomic E-state index is 14.0. The van der Waals surface area contributed by atoms with Crippen molar-refractivity contribution >= 4 is 39.1 Å². The number of hydrogen-bond donors (Lipinski definition) is 1. The molecule has 0 unspecified atom stereocenters. The first-order chi connectivity index (χ1) is 19.5. The molecule has 1 N–H and O–H groups in total. The topological polar surface area (TPSA) is 105 Å². The summed E-state index contributed by atoms with van der Waals surface area (Å²) in [7, 11) is -1.60. The SMILES string of the molecule is CCCNC(=O)[C@@H](C)N(Cc1cccc(Cl)c1)C(=O)CN(c1ccc(F)cc1)S(=O)(=O)c1ccc(OC)c(OC)c1. The van der Waals surface area contributed by atoms with Crippen LogP contribution in [0.2, 0.25) is 5.02 Å². The number of benzene rings is 3. The minimum Gasteiger partial charge on any atom is -0.493 e. The summed E-state index contributed by atoms with van der Waals surface area (Å²) in [5.74, 6) is -1.14. The molecule has 9 nitrogen and oxygen atoms in total. The summed E-state index contributed by atoms with van der Waals surface area (Å²) >= 11 is 6.15. The highest BCUT2D eigenvalue weighted by atomic mass is 35.5. The van der Waals surface area contributed by atoms with Crippen molar-refractivity contribution in [2.75, 3.05) is 31.6 Å². The number of halogens is 2. The number of rotatable bonds is 13. The van der Waals surface area contributed by atoms with Gasteiger partial charge in [-0.15, -0.1) is 0 Å². The normalized spacial score (nSPS) is 11.9. The van der Waals surface area contributed by atoms with Crippen molar-refractivity contribution in [3.63, 3.8) is 0 Å². The van der Waals surface area contributed by atoms with Crippen LogP contribution in [0, 0.1) is 5.82 Å². The second-order valence-electron chi connectivity index (χ2n) is 9.12. The van der Waals surface area contributed by atoms with E-state index in [9.17, 15) is 22.4 Å². The van der Waals surface area contributed by atoms with Gasteiger partial charge in [-0.2, -0.15) is 0 Å². The van der Waals surface area contributed by atoms with E-state index >= 15 is 0 Å². The van der Waals surface area contributed by atoms with Gasteiger partial charge in [-0.05, 0) is 67.4 Å². The molecule has 0 saturated carbocycles. The van der Waals surface area contributed by atoms with E-state index in [0.717, 1.165) is 16.4 Å². The van der Waals surface area contributed by atoms with Gasteiger partial charge in [0.2, 0.25) is 11.8 Å². The van der Waals surface area contributed by atoms with Crippen molar-refractivity contribution in [3.05, 3.63) is 83.1 Å². The van der Waals surface area contributed by atoms with Gasteiger partial charge in [0.05, 0.1) is 24.8 Å². The fraction of sp³-hybridized carbons (Fsp3) is 0.310. The molecule has 2 amide bonds. The van der Waals surface area contributed by atoms with Crippen LogP contribution in [0.5, 0.6) is 11.5 Å². The molecule has 12 heteroatoms. The Kier molecular flexibility index (Phi) is 11.0. The van der Waals surface area contributed by atoms with E-state index in [4.69, 9.17) is 21.1 Å². The van der Waals surface area contributed by atoms with Crippen LogP contribution in [-0.4, -0.2) is 58.5 Å². The number of carbonyl (C=O) groups excluding carboxylic acids is 2. The van der Waals surface area contributed by atoms with Crippen molar-refractivity contribution in [2.24, 2.45) is 0 Å². The van der Waals surface area contributed by atoms with Gasteiger partial charge in [-0.3, -0.25) is 13.9 Å². The Bertz CT molecular complexity index is 1470. The molecular weight excluding hydrogens is 573 g/mol. The van der Waals surface area contributed by atoms with E-state index in [1.807, 2.05) is 6.92 Å². The molecule has 0 saturated heterocycles. The van der Waals surface area contributed by atoms with E-state index in [1.165, 1.54) is 49.5 Å². The highest BCUT2D eigenvalue weighted by Crippen LogP contribution is 2.32. The van der Waals surface area contributed by atoms with Crippen LogP contribution in [0.15, 0.2) is 71.6 Å². The number of methoxy groups -OCH3 is 2. The monoisotopic (exact) mass is 605 g/mol. The second-order valence-corrected chi connectivity index (χ2v) is 11.4. The molecule has 3 aromatic rings. The predicted molar refractivity (Wildman–Crippen MR) is 155 cm³/mol. The lowest BCUT2D eigenvalue weighted by Gasteiger charge is -2.32. The average Bonchev–Trinajstić information content (AvgIpc) is 2.97. The first-order valence-corrected chi connectivity index (χ1v) is 14.7. The number of amides is 2. The highest BCUT2D eigenvalue weighted by Gasteiger charge is 2.33. The number of anilines is 1. The van der Waals surface area contributed by atoms with Gasteiger partial charge in [0.1, 0.15) is 18.4 Å². The molecule has 0 aliphatic heterocycles. The first-order valence-electron chi connectivity index (χ1n) is 12.8. The smallest absolute Gasteiger partial charge is 0.264 e. The standard InChI is InChI=1S/C29H33ClFN3O6S/c1-5-15-32-29(36)20(2)33(18-21-7-6-8-22(30)16-21)28(35)19-34(24-11-9-23(31)10-12-24)41(37,38)25-13-14-26(39-3)27(17-25)40-4/h6-14,16-17,20H,5,15,18-19H2,1-4H3,(H,32,36)/t20-/m1/s1. The minimum absolute atomic E-state index is 0.00618. The largest absolute Gasteiger partial charge is 0.493 e. The Morgan fingerprint density at radius 2 is 1.68 bits per heavy atom. The quantitative estimate of drug-likeness (QED) is 0.304. The fourth-order valence-corrected chi connectivity index (χ4v) is 5.69. The lowest BCUT2D eigenvalue weighted by Crippen LogP contribution is -2.51. The molecule has 3 aromatic carbocycles. The van der Waals surface area contributed by atoms with Crippen LogP contribution >= 0.6 is 11.6 Å². The van der Waals surface area contributed by atoms with E-state index in [2.05, 4.69) is 5.32 Å². The van der Waals surface area contributed by atoms with Crippen molar-refractivity contribution in [1.82, 2.24) is 10.2 Å². The lowest BCUT2D eigenvalue weighted by molar-refractivity contribution is -0.139. The summed E-state index contributed by atoms with van der Waals surface area (Å²) in [5, 5.41) is 3.22. The zero-order valence-corrected chi connectivity index (χ0v) is 24.8. The third kappa shape index (κ3) is 7.89. The van der Waals surface area contributed by atoms with Crippen molar-refractivity contribution in [2.45, 2.75) is 37.8 Å². The van der Waals surface area contributed by atoms with Gasteiger partial charge in [-0.25, -0.2) is 12.8 Å². The number of sulfonamides is 1. The summed E-state index contributed by atoms with van der Waals surface area (Å²) in [6.45, 7) is 3.21. The Morgan fingerprint density at radius 3 is 2.29 bits per heavy atom. The second kappa shape index (κ2) is 14.2. The van der Waals surface area contributed by atoms with Gasteiger partial charge < -0.3 is 19.7 Å². The maximum Gasteiger partial charge on any atom is 0.264 e. The van der Waals surface area contributed by atoms with E-state index in [0.29, 0.717) is 29.3 Å². The van der Waals surface area contributed by atoms with Crippen LogP contribution in [0.4, 0.5) is 10.1 Å². The van der Waals surface area contributed by atoms with E-state index in [1.54, 1.807) is 31.2 Å². The van der Waals surface area contributed by atoms with Gasteiger partial charge in [-0.1, -0.05) is 30.7 Å². The number of hydrogen-bond acceptors (Lipinski definition) is 6. The molecule has 0 aliphatic carbocycles. The van der Waals surface area contributed by atoms with Crippen LogP contribution < -0.4 is 19.1 Å². The van der Waals surface area contributed by atoms with E-state index < -0.39 is 40.2 Å². The van der Waals surface area contributed by atoms with Crippen molar-refractivity contribution in [1.29, 1.82) is 0 Å². The van der Waals surface area contributed by atoms with Crippen LogP contribution in [0.1, 0.15) is 25.8 Å². The minimum atomic E-state index is -4.39. The molecule has 1 atom stereocenters. The fourth-order valence-electron chi connectivity index (χ4n) is 4.05. The molecule has 0 radical (unpaired) electrons. The number of nitrogens with zero attached hydrogens (tertiary/aromatic N) is 2. The summed E-state index contributed by atoms with van der Waals surface area (Å²) in [6, 6.07) is 14.6. The number of ether oxygens (including phenoxy) is 2. The average molecular weight is 606 g/mol. The molecule has 0 bridgehead atoms. The molecule has 0 spiro atoms. The molecule has 0 heterocycles. The Labute approximate surface area is 244 Å². The van der Waals surface area contributed by atoms with Crippen LogP contribution in [0.25, 0.3) is 0 Å². The molecule has 220 valence electrons. The molecule has 0 aromatic heterocycles. The van der Waals surface area contributed by atoms with Gasteiger partial charge in [0, 0.05) is 24.2 Å². The summed E-state index contributed by atoms with van der Waals surface area (Å²) in [6.07, 6.45) is 0.697. The summed E-state index contributed by atoms with van der Waals surface area (Å²) in [5.41, 5.74) is 0.706. The lowest BCUT2D eigenvalue weighted by atomic mass is 10.1. The molecular formula is C29H33ClFN3O6S. The summed E-state index contributed by atoms with van der Waals surface area (Å²) in [4.78, 5) is 27.9. The Balaban J connectivity index is 2.06. The van der Waals surface area contributed by atoms with Gasteiger partial charge >= 0.3 is 0 Å². The van der Waals surface area contributed by atoms with Crippen molar-refractivity contribution < 1.29 is 31.9 Å².